The predicted molar refractivity (Wildman–Crippen MR) is 88.3 cm³/mol. The van der Waals surface area contributed by atoms with Crippen molar-refractivity contribution >= 4 is 33.6 Å². The molecule has 116 valence electrons. The highest BCUT2D eigenvalue weighted by atomic mass is 79.9. The number of carboxylic acid groups (broad SMARTS) is 1. The van der Waals surface area contributed by atoms with Crippen molar-refractivity contribution in [3.63, 3.8) is 0 Å². The summed E-state index contributed by atoms with van der Waals surface area (Å²) in [5.74, 6) is 0.789. The maximum Gasteiger partial charge on any atom is 0.404 e. The summed E-state index contributed by atoms with van der Waals surface area (Å²) in [6.07, 6.45) is 1.70. The van der Waals surface area contributed by atoms with Gasteiger partial charge in [-0.3, -0.25) is 0 Å². The van der Waals surface area contributed by atoms with E-state index < -0.39 is 6.09 Å². The van der Waals surface area contributed by atoms with E-state index in [-0.39, 0.29) is 12.0 Å². The number of aromatic amines is 1. The molecule has 3 rings (SSSR count). The number of hydrogen-bond donors (Lipinski definition) is 3. The molecule has 0 unspecified atom stereocenters. The Morgan fingerprint density at radius 3 is 2.77 bits per heavy atom. The molecule has 1 aliphatic rings. The number of nitrogens with one attached hydrogen (secondary N) is 2. The maximum atomic E-state index is 10.9. The summed E-state index contributed by atoms with van der Waals surface area (Å²) >= 11 is 9.69. The van der Waals surface area contributed by atoms with E-state index in [0.29, 0.717) is 10.8 Å². The fourth-order valence-electron chi connectivity index (χ4n) is 2.96. The second-order valence-electron chi connectivity index (χ2n) is 5.38. The highest BCUT2D eigenvalue weighted by Gasteiger charge is 2.32. The Bertz CT molecular complexity index is 687. The zero-order valence-corrected chi connectivity index (χ0v) is 14.0. The molecule has 22 heavy (non-hydrogen) atoms. The Balaban J connectivity index is 1.88. The summed E-state index contributed by atoms with van der Waals surface area (Å²) < 4.78 is 0.990. The lowest BCUT2D eigenvalue weighted by Gasteiger charge is -2.17. The van der Waals surface area contributed by atoms with E-state index in [9.17, 15) is 4.79 Å². The number of nitrogens with zero attached hydrogens (tertiary/aromatic N) is 1. The third-order valence-corrected chi connectivity index (χ3v) is 4.77. The lowest BCUT2D eigenvalue weighted by molar-refractivity contribution is 0.188. The van der Waals surface area contributed by atoms with Crippen molar-refractivity contribution in [3.8, 4) is 11.3 Å². The molecule has 2 aromatic rings. The Labute approximate surface area is 141 Å². The summed E-state index contributed by atoms with van der Waals surface area (Å²) in [7, 11) is 0. The van der Waals surface area contributed by atoms with Gasteiger partial charge in [0.2, 0.25) is 0 Å². The second-order valence-corrected chi connectivity index (χ2v) is 6.68. The smallest absolute Gasteiger partial charge is 0.404 e. The van der Waals surface area contributed by atoms with Gasteiger partial charge in [-0.1, -0.05) is 46.1 Å². The minimum absolute atomic E-state index is 0.0396. The molecule has 0 bridgehead atoms. The van der Waals surface area contributed by atoms with Crippen LogP contribution in [0.2, 0.25) is 5.15 Å². The van der Waals surface area contributed by atoms with Crippen LogP contribution in [0.25, 0.3) is 11.3 Å². The summed E-state index contributed by atoms with van der Waals surface area (Å²) in [5.41, 5.74) is 1.63. The van der Waals surface area contributed by atoms with Crippen molar-refractivity contribution in [2.75, 3.05) is 0 Å². The summed E-state index contributed by atoms with van der Waals surface area (Å²) in [6, 6.07) is 7.64. The molecule has 2 atom stereocenters. The molecule has 1 fully saturated rings. The third-order valence-electron chi connectivity index (χ3n) is 3.97. The van der Waals surface area contributed by atoms with E-state index in [1.54, 1.807) is 0 Å². The number of aromatic nitrogens is 2. The number of hydrogen-bond acceptors (Lipinski definition) is 2. The molecule has 0 radical (unpaired) electrons. The number of H-pyrrole nitrogens is 1. The predicted octanol–water partition coefficient (Wildman–Crippen LogP) is 4.40. The summed E-state index contributed by atoms with van der Waals surface area (Å²) in [4.78, 5) is 18.6. The van der Waals surface area contributed by atoms with E-state index in [2.05, 4.69) is 31.2 Å². The fraction of sp³-hybridized carbons (Fsp3) is 0.333. The van der Waals surface area contributed by atoms with Gasteiger partial charge in [0.05, 0.1) is 0 Å². The van der Waals surface area contributed by atoms with Gasteiger partial charge in [0, 0.05) is 22.0 Å². The Morgan fingerprint density at radius 2 is 2.09 bits per heavy atom. The van der Waals surface area contributed by atoms with Gasteiger partial charge in [0.1, 0.15) is 16.7 Å². The molecule has 0 saturated heterocycles. The Morgan fingerprint density at radius 1 is 1.36 bits per heavy atom. The zero-order valence-electron chi connectivity index (χ0n) is 11.6. The highest BCUT2D eigenvalue weighted by Crippen LogP contribution is 2.36. The molecule has 1 aromatic carbocycles. The van der Waals surface area contributed by atoms with Crippen molar-refractivity contribution in [1.82, 2.24) is 15.3 Å². The molecular formula is C15H15BrClN3O2. The van der Waals surface area contributed by atoms with E-state index in [4.69, 9.17) is 16.7 Å². The topological polar surface area (TPSA) is 78.0 Å². The van der Waals surface area contributed by atoms with Crippen LogP contribution in [-0.4, -0.2) is 27.2 Å². The number of amides is 1. The normalized spacial score (nSPS) is 21.0. The average Bonchev–Trinajstić information content (AvgIpc) is 3.06. The lowest BCUT2D eigenvalue weighted by Crippen LogP contribution is -2.35. The van der Waals surface area contributed by atoms with Crippen LogP contribution >= 0.6 is 27.5 Å². The molecule has 7 heteroatoms. The highest BCUT2D eigenvalue weighted by molar-refractivity contribution is 9.10. The first-order chi connectivity index (χ1) is 10.5. The van der Waals surface area contributed by atoms with Gasteiger partial charge in [-0.2, -0.15) is 0 Å². The van der Waals surface area contributed by atoms with Gasteiger partial charge in [0.15, 0.2) is 0 Å². The van der Waals surface area contributed by atoms with Gasteiger partial charge in [-0.15, -0.1) is 0 Å². The summed E-state index contributed by atoms with van der Waals surface area (Å²) in [5, 5.41) is 12.0. The quantitative estimate of drug-likeness (QED) is 0.734. The van der Waals surface area contributed by atoms with Gasteiger partial charge in [-0.05, 0) is 25.0 Å². The molecule has 1 aromatic heterocycles. The fourth-order valence-corrected chi connectivity index (χ4v) is 3.47. The first-order valence-corrected chi connectivity index (χ1v) is 8.22. The van der Waals surface area contributed by atoms with Crippen LogP contribution < -0.4 is 5.32 Å². The SMILES string of the molecule is O=C(O)N[C@H]1CCC[C@@H]1c1nc(-c2ccc(Br)cc2)c(Cl)[nH]1. The van der Waals surface area contributed by atoms with Crippen LogP contribution in [0.5, 0.6) is 0 Å². The number of imidazole rings is 1. The molecule has 1 aliphatic carbocycles. The van der Waals surface area contributed by atoms with Crippen molar-refractivity contribution in [2.45, 2.75) is 31.2 Å². The van der Waals surface area contributed by atoms with Crippen LogP contribution in [0.15, 0.2) is 28.7 Å². The van der Waals surface area contributed by atoms with Crippen LogP contribution in [-0.2, 0) is 0 Å². The second kappa shape index (κ2) is 6.30. The number of benzene rings is 1. The minimum Gasteiger partial charge on any atom is -0.465 e. The van der Waals surface area contributed by atoms with Gasteiger partial charge in [0.25, 0.3) is 0 Å². The van der Waals surface area contributed by atoms with Gasteiger partial charge < -0.3 is 15.4 Å². The van der Waals surface area contributed by atoms with E-state index in [1.807, 2.05) is 24.3 Å². The molecular weight excluding hydrogens is 370 g/mol. The van der Waals surface area contributed by atoms with E-state index >= 15 is 0 Å². The van der Waals surface area contributed by atoms with Crippen molar-refractivity contribution in [3.05, 3.63) is 39.7 Å². The van der Waals surface area contributed by atoms with Gasteiger partial charge >= 0.3 is 6.09 Å². The molecule has 0 aliphatic heterocycles. The molecule has 1 heterocycles. The lowest BCUT2D eigenvalue weighted by atomic mass is 10.0. The number of rotatable bonds is 3. The standard InChI is InChI=1S/C15H15BrClN3O2/c16-9-6-4-8(5-7-9)12-13(17)20-14(19-12)10-2-1-3-11(10)18-15(21)22/h4-7,10-11,18H,1-3H2,(H,19,20)(H,21,22)/t10-,11-/m0/s1. The number of carbonyl (C=O) groups is 1. The van der Waals surface area contributed by atoms with Crippen LogP contribution in [0.4, 0.5) is 4.79 Å². The molecule has 3 N–H and O–H groups in total. The Hall–Kier alpha value is -1.53. The Kier molecular flexibility index (Phi) is 4.40. The first-order valence-electron chi connectivity index (χ1n) is 7.05. The monoisotopic (exact) mass is 383 g/mol. The van der Waals surface area contributed by atoms with Crippen LogP contribution in [0, 0.1) is 0 Å². The average molecular weight is 385 g/mol. The van der Waals surface area contributed by atoms with Crippen molar-refractivity contribution < 1.29 is 9.90 Å². The van der Waals surface area contributed by atoms with Crippen LogP contribution in [0.1, 0.15) is 31.0 Å². The van der Waals surface area contributed by atoms with E-state index in [0.717, 1.165) is 35.1 Å². The van der Waals surface area contributed by atoms with Crippen LogP contribution in [0.3, 0.4) is 0 Å². The number of halogens is 2. The van der Waals surface area contributed by atoms with Gasteiger partial charge in [-0.25, -0.2) is 9.78 Å². The summed E-state index contributed by atoms with van der Waals surface area (Å²) in [6.45, 7) is 0. The van der Waals surface area contributed by atoms with Crippen molar-refractivity contribution in [2.24, 2.45) is 0 Å². The third kappa shape index (κ3) is 3.13. The molecule has 0 spiro atoms. The zero-order chi connectivity index (χ0) is 15.7. The van der Waals surface area contributed by atoms with Crippen molar-refractivity contribution in [1.29, 1.82) is 0 Å². The minimum atomic E-state index is -0.998. The molecule has 1 amide bonds. The molecule has 1 saturated carbocycles. The van der Waals surface area contributed by atoms with E-state index in [1.165, 1.54) is 0 Å². The molecule has 5 nitrogen and oxygen atoms in total. The maximum absolute atomic E-state index is 10.9. The largest absolute Gasteiger partial charge is 0.465 e. The first kappa shape index (κ1) is 15.4.